The minimum atomic E-state index is -0.662. The van der Waals surface area contributed by atoms with E-state index in [-0.39, 0.29) is 23.9 Å². The molecule has 2 saturated heterocycles. The van der Waals surface area contributed by atoms with Crippen LogP contribution in [-0.2, 0) is 20.9 Å². The fourth-order valence-electron chi connectivity index (χ4n) is 7.77. The molecule has 14 heteroatoms. The Labute approximate surface area is 306 Å². The first-order chi connectivity index (χ1) is 26.0. The molecule has 3 amide bonds. The average molecular weight is 718 g/mol. The zero-order valence-corrected chi connectivity index (χ0v) is 29.6. The highest BCUT2D eigenvalue weighted by Crippen LogP contribution is 2.36. The topological polar surface area (TPSA) is 174 Å². The van der Waals surface area contributed by atoms with Crippen LogP contribution < -0.4 is 5.32 Å². The summed E-state index contributed by atoms with van der Waals surface area (Å²) < 4.78 is 10.9. The van der Waals surface area contributed by atoms with Gasteiger partial charge < -0.3 is 39.5 Å². The molecule has 0 aliphatic carbocycles. The number of aromatic nitrogens is 6. The third kappa shape index (κ3) is 7.06. The maximum absolute atomic E-state index is 13.7. The lowest BCUT2D eigenvalue weighted by atomic mass is 10.0. The molecule has 2 aromatic carbocycles. The number of carbonyl (C=O) groups excluding carboxylic acids is 3. The molecule has 0 saturated carbocycles. The highest BCUT2D eigenvalue weighted by Gasteiger charge is 2.37. The first-order valence-electron chi connectivity index (χ1n) is 18.3. The molecular formula is C39H43N9O5. The number of rotatable bonds is 6. The summed E-state index contributed by atoms with van der Waals surface area (Å²) in [7, 11) is 1.30. The minimum Gasteiger partial charge on any atom is -0.453 e. The lowest BCUT2D eigenvalue weighted by Crippen LogP contribution is -2.48. The number of nitrogens with zero attached hydrogens (tertiary/aromatic N) is 5. The molecule has 3 aromatic heterocycles. The van der Waals surface area contributed by atoms with Crippen molar-refractivity contribution in [2.24, 2.45) is 0 Å². The van der Waals surface area contributed by atoms with Crippen molar-refractivity contribution in [1.82, 2.24) is 45.0 Å². The number of carbonyl (C=O) groups is 3. The number of aromatic amines is 3. The van der Waals surface area contributed by atoms with Gasteiger partial charge in [-0.1, -0.05) is 48.5 Å². The Kier molecular flexibility index (Phi) is 9.76. The predicted octanol–water partition coefficient (Wildman–Crippen LogP) is 5.92. The van der Waals surface area contributed by atoms with Gasteiger partial charge in [0.05, 0.1) is 61.6 Å². The number of nitrogens with one attached hydrogen (secondary N) is 4. The van der Waals surface area contributed by atoms with Crippen LogP contribution in [0.1, 0.15) is 84.9 Å². The van der Waals surface area contributed by atoms with Crippen molar-refractivity contribution < 1.29 is 23.9 Å². The predicted molar refractivity (Wildman–Crippen MR) is 195 cm³/mol. The van der Waals surface area contributed by atoms with Gasteiger partial charge in [0.2, 0.25) is 5.91 Å². The largest absolute Gasteiger partial charge is 0.453 e. The average Bonchev–Trinajstić information content (AvgIpc) is 4.04. The van der Waals surface area contributed by atoms with Crippen molar-refractivity contribution in [1.29, 1.82) is 0 Å². The molecule has 3 aliphatic rings. The molecule has 0 unspecified atom stereocenters. The van der Waals surface area contributed by atoms with E-state index in [0.29, 0.717) is 38.4 Å². The third-order valence-corrected chi connectivity index (χ3v) is 10.5. The first-order valence-corrected chi connectivity index (χ1v) is 18.3. The molecule has 0 radical (unpaired) electrons. The fourth-order valence-corrected chi connectivity index (χ4v) is 7.77. The SMILES string of the molecule is COC(=O)N[C@H]1CCCCOCc2[nH]c(nc2-c2ccc(-c3ccc(-c4cnc([C@@H]5CCCN5C(=O)c5cnc[nH]5)[nH]4)cc3)cc2)[C@@H]2CCCN2C1=O. The number of hydrogen-bond acceptors (Lipinski definition) is 8. The van der Waals surface area contributed by atoms with Crippen molar-refractivity contribution in [2.45, 2.75) is 69.7 Å². The summed E-state index contributed by atoms with van der Waals surface area (Å²) in [4.78, 5) is 66.1. The number of alkyl carbamates (subject to hydrolysis) is 1. The van der Waals surface area contributed by atoms with Gasteiger partial charge in [0.1, 0.15) is 23.4 Å². The van der Waals surface area contributed by atoms with Gasteiger partial charge in [-0.25, -0.2) is 19.7 Å². The number of H-pyrrole nitrogens is 3. The van der Waals surface area contributed by atoms with Crippen molar-refractivity contribution in [3.63, 3.8) is 0 Å². The summed E-state index contributed by atoms with van der Waals surface area (Å²) in [6.07, 6.45) is 9.72. The Bertz CT molecular complexity index is 2050. The summed E-state index contributed by atoms with van der Waals surface area (Å²) in [5.74, 6) is 1.33. The van der Waals surface area contributed by atoms with Gasteiger partial charge in [0, 0.05) is 25.3 Å². The molecule has 5 aromatic rings. The number of hydrogen-bond donors (Lipinski definition) is 4. The molecule has 3 atom stereocenters. The van der Waals surface area contributed by atoms with E-state index in [1.807, 2.05) is 16.0 Å². The Balaban J connectivity index is 0.984. The third-order valence-electron chi connectivity index (χ3n) is 10.5. The zero-order valence-electron chi connectivity index (χ0n) is 29.6. The second-order valence-corrected chi connectivity index (χ2v) is 13.8. The van der Waals surface area contributed by atoms with E-state index in [1.54, 1.807) is 6.20 Å². The van der Waals surface area contributed by atoms with E-state index >= 15 is 0 Å². The van der Waals surface area contributed by atoms with E-state index in [9.17, 15) is 14.4 Å². The Morgan fingerprint density at radius 1 is 0.849 bits per heavy atom. The number of methoxy groups -OCH3 is 1. The smallest absolute Gasteiger partial charge is 0.407 e. The molecule has 3 aliphatic heterocycles. The highest BCUT2D eigenvalue weighted by atomic mass is 16.5. The van der Waals surface area contributed by atoms with Gasteiger partial charge in [-0.15, -0.1) is 0 Å². The highest BCUT2D eigenvalue weighted by molar-refractivity contribution is 5.92. The van der Waals surface area contributed by atoms with Gasteiger partial charge in [0.15, 0.2) is 0 Å². The van der Waals surface area contributed by atoms with Crippen LogP contribution in [0.3, 0.4) is 0 Å². The van der Waals surface area contributed by atoms with Crippen LogP contribution in [0.4, 0.5) is 4.79 Å². The summed E-state index contributed by atoms with van der Waals surface area (Å²) >= 11 is 0. The van der Waals surface area contributed by atoms with E-state index in [0.717, 1.165) is 89.5 Å². The number of benzene rings is 2. The van der Waals surface area contributed by atoms with Crippen molar-refractivity contribution >= 4 is 17.9 Å². The van der Waals surface area contributed by atoms with Crippen LogP contribution in [-0.4, -0.2) is 90.5 Å². The van der Waals surface area contributed by atoms with Crippen LogP contribution in [0.15, 0.2) is 67.3 Å². The van der Waals surface area contributed by atoms with Crippen molar-refractivity contribution in [2.75, 3.05) is 26.8 Å². The molecule has 4 N–H and O–H groups in total. The maximum Gasteiger partial charge on any atom is 0.407 e. The molecule has 8 rings (SSSR count). The van der Waals surface area contributed by atoms with Gasteiger partial charge >= 0.3 is 6.09 Å². The number of imidazole rings is 3. The first kappa shape index (κ1) is 34.3. The van der Waals surface area contributed by atoms with Crippen molar-refractivity contribution in [3.8, 4) is 33.6 Å². The van der Waals surface area contributed by atoms with Crippen molar-refractivity contribution in [3.05, 3.63) is 90.3 Å². The van der Waals surface area contributed by atoms with Crippen LogP contribution in [0.25, 0.3) is 33.6 Å². The normalized spacial score (nSPS) is 20.7. The van der Waals surface area contributed by atoms with E-state index in [1.165, 1.54) is 13.4 Å². The number of likely N-dealkylation sites (tertiary alicyclic amines) is 1. The zero-order chi connectivity index (χ0) is 36.3. The van der Waals surface area contributed by atoms with E-state index in [4.69, 9.17) is 14.5 Å². The van der Waals surface area contributed by atoms with Gasteiger partial charge in [-0.3, -0.25) is 9.59 Å². The summed E-state index contributed by atoms with van der Waals surface area (Å²) in [5, 5.41) is 2.74. The fraction of sp³-hybridized carbons (Fsp3) is 0.385. The second kappa shape index (κ2) is 15.1. The van der Waals surface area contributed by atoms with Crippen LogP contribution in [0.5, 0.6) is 0 Å². The van der Waals surface area contributed by atoms with Crippen LogP contribution >= 0.6 is 0 Å². The van der Waals surface area contributed by atoms with Gasteiger partial charge in [0.25, 0.3) is 5.91 Å². The molecule has 274 valence electrons. The Morgan fingerprint density at radius 2 is 1.58 bits per heavy atom. The van der Waals surface area contributed by atoms with E-state index in [2.05, 4.69) is 78.8 Å². The maximum atomic E-state index is 13.7. The monoisotopic (exact) mass is 717 g/mol. The molecule has 53 heavy (non-hydrogen) atoms. The molecule has 6 heterocycles. The van der Waals surface area contributed by atoms with Gasteiger partial charge in [-0.05, 0) is 61.6 Å². The van der Waals surface area contributed by atoms with Gasteiger partial charge in [-0.2, -0.15) is 0 Å². The minimum absolute atomic E-state index is 0.0668. The lowest BCUT2D eigenvalue weighted by molar-refractivity contribution is -0.134. The molecule has 2 bridgehead atoms. The molecule has 2 fully saturated rings. The quantitative estimate of drug-likeness (QED) is 0.167. The summed E-state index contributed by atoms with van der Waals surface area (Å²) in [6, 6.07) is 15.7. The number of amides is 3. The summed E-state index contributed by atoms with van der Waals surface area (Å²) in [6.45, 7) is 2.19. The molecule has 14 nitrogen and oxygen atoms in total. The summed E-state index contributed by atoms with van der Waals surface area (Å²) in [5.41, 5.74) is 7.17. The standard InChI is InChI=1S/C39H43N9O5/c1-52-39(51)45-28-6-2-3-19-53-22-31-34(46-36(44-31)33-8-5-18-48(33)37(28)49)27-15-11-25(12-16-27)24-9-13-26(14-10-24)29-21-41-35(43-29)32-7-4-17-47(32)38(50)30-20-40-23-42-30/h9-16,20-21,23,28,32-33H,2-8,17-19,22H2,1H3,(H,40,42)(H,41,43)(H,44,46)(H,45,51)/t28-,32-,33-/m0/s1. The Hall–Kier alpha value is -5.76. The Morgan fingerprint density at radius 3 is 2.34 bits per heavy atom. The second-order valence-electron chi connectivity index (χ2n) is 13.8. The number of ether oxygens (including phenoxy) is 2. The number of fused-ring (bicyclic) bond motifs is 4. The molecule has 0 spiro atoms. The lowest BCUT2D eigenvalue weighted by Gasteiger charge is -2.28. The van der Waals surface area contributed by atoms with E-state index < -0.39 is 12.1 Å². The molecular weight excluding hydrogens is 674 g/mol. The van der Waals surface area contributed by atoms with Crippen LogP contribution in [0.2, 0.25) is 0 Å². The van der Waals surface area contributed by atoms with Crippen LogP contribution in [0, 0.1) is 0 Å².